The van der Waals surface area contributed by atoms with Crippen molar-refractivity contribution in [1.82, 2.24) is 0 Å². The molecule has 1 rings (SSSR count). The maximum absolute atomic E-state index is 6.23. The van der Waals surface area contributed by atoms with E-state index in [1.807, 2.05) is 0 Å². The van der Waals surface area contributed by atoms with Crippen molar-refractivity contribution in [3.8, 4) is 0 Å². The Morgan fingerprint density at radius 2 is 1.41 bits per heavy atom. The first-order valence-electron chi connectivity index (χ1n) is 9.64. The lowest BCUT2D eigenvalue weighted by molar-refractivity contribution is -0.131. The third-order valence-electron chi connectivity index (χ3n) is 4.51. The highest BCUT2D eigenvalue weighted by atomic mass is 16.5. The van der Waals surface area contributed by atoms with Gasteiger partial charge in [0.15, 0.2) is 0 Å². The predicted octanol–water partition coefficient (Wildman–Crippen LogP) is 4.97. The molecule has 0 aromatic rings. The van der Waals surface area contributed by atoms with Crippen LogP contribution in [-0.2, 0) is 14.2 Å². The van der Waals surface area contributed by atoms with Gasteiger partial charge in [0.2, 0.25) is 0 Å². The predicted molar refractivity (Wildman–Crippen MR) is 92.4 cm³/mol. The van der Waals surface area contributed by atoms with E-state index >= 15 is 0 Å². The smallest absolute Gasteiger partial charge is 0.0886 e. The summed E-state index contributed by atoms with van der Waals surface area (Å²) in [6.45, 7) is 10.1. The minimum Gasteiger partial charge on any atom is -0.381 e. The summed E-state index contributed by atoms with van der Waals surface area (Å²) in [5.41, 5.74) is 0. The number of hydrogen-bond acceptors (Lipinski definition) is 3. The molecular weight excluding hydrogens is 276 g/mol. The average Bonchev–Trinajstić information content (AvgIpc) is 2.54. The monoisotopic (exact) mass is 314 g/mol. The van der Waals surface area contributed by atoms with Gasteiger partial charge in [-0.1, -0.05) is 46.5 Å². The number of hydrogen-bond donors (Lipinski definition) is 0. The van der Waals surface area contributed by atoms with Crippen molar-refractivity contribution < 1.29 is 14.2 Å². The molecule has 1 saturated carbocycles. The molecule has 0 spiro atoms. The molecule has 3 heteroatoms. The number of unbranched alkanes of at least 4 members (excludes halogenated alkanes) is 3. The van der Waals surface area contributed by atoms with Crippen molar-refractivity contribution in [2.24, 2.45) is 5.92 Å². The summed E-state index contributed by atoms with van der Waals surface area (Å²) in [4.78, 5) is 0. The lowest BCUT2D eigenvalue weighted by Crippen LogP contribution is -2.43. The van der Waals surface area contributed by atoms with Crippen LogP contribution in [0.1, 0.15) is 78.6 Å². The van der Waals surface area contributed by atoms with E-state index in [-0.39, 0.29) is 12.2 Å². The number of ether oxygens (including phenoxy) is 3. The van der Waals surface area contributed by atoms with Gasteiger partial charge < -0.3 is 14.2 Å². The third kappa shape index (κ3) is 7.94. The molecule has 132 valence electrons. The van der Waals surface area contributed by atoms with Crippen molar-refractivity contribution in [3.63, 3.8) is 0 Å². The van der Waals surface area contributed by atoms with E-state index in [4.69, 9.17) is 14.2 Å². The molecule has 0 saturated heterocycles. The van der Waals surface area contributed by atoms with Crippen LogP contribution >= 0.6 is 0 Å². The molecule has 0 amide bonds. The molecule has 0 bridgehead atoms. The van der Waals surface area contributed by atoms with Crippen LogP contribution < -0.4 is 0 Å². The van der Waals surface area contributed by atoms with E-state index in [2.05, 4.69) is 20.8 Å². The van der Waals surface area contributed by atoms with E-state index < -0.39 is 0 Å². The van der Waals surface area contributed by atoms with Gasteiger partial charge >= 0.3 is 0 Å². The molecule has 0 unspecified atom stereocenters. The van der Waals surface area contributed by atoms with Crippen LogP contribution in [0.2, 0.25) is 0 Å². The molecule has 0 N–H and O–H groups in total. The second-order valence-electron chi connectivity index (χ2n) is 6.57. The SMILES string of the molecule is CCCCOC[C@H]1CCC[C@@H](OCCCC)[C@@H]1OCCCC. The summed E-state index contributed by atoms with van der Waals surface area (Å²) in [7, 11) is 0. The molecule has 3 atom stereocenters. The Bertz CT molecular complexity index is 245. The molecule has 0 aromatic carbocycles. The molecule has 1 aliphatic carbocycles. The van der Waals surface area contributed by atoms with E-state index in [0.717, 1.165) is 52.1 Å². The maximum Gasteiger partial charge on any atom is 0.0886 e. The fourth-order valence-electron chi connectivity index (χ4n) is 3.04. The quantitative estimate of drug-likeness (QED) is 0.449. The lowest BCUT2D eigenvalue weighted by atomic mass is 9.84. The summed E-state index contributed by atoms with van der Waals surface area (Å²) < 4.78 is 18.3. The van der Waals surface area contributed by atoms with Gasteiger partial charge in [-0.3, -0.25) is 0 Å². The van der Waals surface area contributed by atoms with Gasteiger partial charge in [0.05, 0.1) is 18.8 Å². The largest absolute Gasteiger partial charge is 0.381 e. The minimum atomic E-state index is 0.235. The standard InChI is InChI=1S/C19H38O3/c1-4-7-13-20-16-17-11-10-12-18(21-14-8-5-2)19(17)22-15-9-6-3/h17-19H,4-16H2,1-3H3/t17-,18-,19-/m1/s1. The molecule has 1 aliphatic rings. The second kappa shape index (κ2) is 13.3. The lowest BCUT2D eigenvalue weighted by Gasteiger charge is -2.38. The molecule has 0 aromatic heterocycles. The molecule has 0 heterocycles. The highest BCUT2D eigenvalue weighted by molar-refractivity contribution is 4.84. The van der Waals surface area contributed by atoms with Gasteiger partial charge in [0.1, 0.15) is 0 Å². The van der Waals surface area contributed by atoms with Crippen LogP contribution in [0.3, 0.4) is 0 Å². The molecular formula is C19H38O3. The van der Waals surface area contributed by atoms with Crippen LogP contribution in [0.4, 0.5) is 0 Å². The zero-order valence-electron chi connectivity index (χ0n) is 15.1. The average molecular weight is 315 g/mol. The van der Waals surface area contributed by atoms with Crippen molar-refractivity contribution >= 4 is 0 Å². The Balaban J connectivity index is 2.45. The molecule has 1 fully saturated rings. The Kier molecular flexibility index (Phi) is 12.1. The third-order valence-corrected chi connectivity index (χ3v) is 4.51. The molecule has 0 aliphatic heterocycles. The zero-order valence-corrected chi connectivity index (χ0v) is 15.1. The normalized spacial score (nSPS) is 25.5. The van der Waals surface area contributed by atoms with E-state index in [1.165, 1.54) is 32.1 Å². The van der Waals surface area contributed by atoms with Crippen molar-refractivity contribution in [3.05, 3.63) is 0 Å². The Hall–Kier alpha value is -0.120. The number of rotatable bonds is 13. The summed E-state index contributed by atoms with van der Waals surface area (Å²) in [6.07, 6.45) is 11.1. The van der Waals surface area contributed by atoms with Crippen LogP contribution in [0, 0.1) is 5.92 Å². The van der Waals surface area contributed by atoms with Crippen molar-refractivity contribution in [2.45, 2.75) is 90.8 Å². The Morgan fingerprint density at radius 1 is 0.773 bits per heavy atom. The van der Waals surface area contributed by atoms with Gasteiger partial charge in [-0.25, -0.2) is 0 Å². The maximum atomic E-state index is 6.23. The molecule has 0 radical (unpaired) electrons. The molecule has 3 nitrogen and oxygen atoms in total. The van der Waals surface area contributed by atoms with Crippen molar-refractivity contribution in [2.75, 3.05) is 26.4 Å². The Morgan fingerprint density at radius 3 is 2.09 bits per heavy atom. The van der Waals surface area contributed by atoms with E-state index in [0.29, 0.717) is 5.92 Å². The van der Waals surface area contributed by atoms with Gasteiger partial charge in [-0.05, 0) is 32.1 Å². The Labute approximate surface area is 138 Å². The fraction of sp³-hybridized carbons (Fsp3) is 1.00. The van der Waals surface area contributed by atoms with Crippen LogP contribution in [0.15, 0.2) is 0 Å². The van der Waals surface area contributed by atoms with Gasteiger partial charge in [0, 0.05) is 25.7 Å². The highest BCUT2D eigenvalue weighted by Crippen LogP contribution is 2.30. The summed E-state index contributed by atoms with van der Waals surface area (Å²) in [5.74, 6) is 0.508. The molecule has 22 heavy (non-hydrogen) atoms. The second-order valence-corrected chi connectivity index (χ2v) is 6.57. The van der Waals surface area contributed by atoms with Crippen LogP contribution in [0.5, 0.6) is 0 Å². The first-order chi connectivity index (χ1) is 10.8. The first kappa shape index (κ1) is 19.9. The van der Waals surface area contributed by atoms with Gasteiger partial charge in [-0.2, -0.15) is 0 Å². The zero-order chi connectivity index (χ0) is 16.0. The summed E-state index contributed by atoms with van der Waals surface area (Å²) >= 11 is 0. The first-order valence-corrected chi connectivity index (χ1v) is 9.64. The summed E-state index contributed by atoms with van der Waals surface area (Å²) in [6, 6.07) is 0. The van der Waals surface area contributed by atoms with Crippen LogP contribution in [0.25, 0.3) is 0 Å². The van der Waals surface area contributed by atoms with Gasteiger partial charge in [-0.15, -0.1) is 0 Å². The van der Waals surface area contributed by atoms with E-state index in [9.17, 15) is 0 Å². The summed E-state index contributed by atoms with van der Waals surface area (Å²) in [5, 5.41) is 0. The van der Waals surface area contributed by atoms with E-state index in [1.54, 1.807) is 0 Å². The minimum absolute atomic E-state index is 0.235. The van der Waals surface area contributed by atoms with Crippen molar-refractivity contribution in [1.29, 1.82) is 0 Å². The van der Waals surface area contributed by atoms with Gasteiger partial charge in [0.25, 0.3) is 0 Å². The fourth-order valence-corrected chi connectivity index (χ4v) is 3.04. The topological polar surface area (TPSA) is 27.7 Å². The highest BCUT2D eigenvalue weighted by Gasteiger charge is 2.34. The van der Waals surface area contributed by atoms with Crippen LogP contribution in [-0.4, -0.2) is 38.6 Å².